The molecule has 0 unspecified atom stereocenters. The summed E-state index contributed by atoms with van der Waals surface area (Å²) >= 11 is 0. The van der Waals surface area contributed by atoms with Gasteiger partial charge in [-0.05, 0) is 43.3 Å². The van der Waals surface area contributed by atoms with Gasteiger partial charge in [0.15, 0.2) is 5.58 Å². The Balaban J connectivity index is 0.00000196. The number of amides is 1. The fourth-order valence-corrected chi connectivity index (χ4v) is 3.08. The van der Waals surface area contributed by atoms with Crippen molar-refractivity contribution in [3.63, 3.8) is 0 Å². The molecule has 1 saturated heterocycles. The number of halogens is 2. The van der Waals surface area contributed by atoms with Gasteiger partial charge in [0.2, 0.25) is 5.89 Å². The first-order valence-electron chi connectivity index (χ1n) is 8.29. The first-order valence-corrected chi connectivity index (χ1v) is 8.29. The van der Waals surface area contributed by atoms with Crippen molar-refractivity contribution in [1.29, 1.82) is 0 Å². The largest absolute Gasteiger partial charge is 0.436 e. The third kappa shape index (κ3) is 3.57. The van der Waals surface area contributed by atoms with Crippen LogP contribution in [0.3, 0.4) is 0 Å². The van der Waals surface area contributed by atoms with Gasteiger partial charge in [-0.3, -0.25) is 4.79 Å². The summed E-state index contributed by atoms with van der Waals surface area (Å²) < 4.78 is 18.9. The van der Waals surface area contributed by atoms with Crippen LogP contribution in [0.5, 0.6) is 0 Å². The molecule has 1 aliphatic rings. The minimum absolute atomic E-state index is 0. The first kappa shape index (κ1) is 18.4. The van der Waals surface area contributed by atoms with E-state index < -0.39 is 0 Å². The Kier molecular flexibility index (Phi) is 5.25. The lowest BCUT2D eigenvalue weighted by Crippen LogP contribution is -2.51. The van der Waals surface area contributed by atoms with Gasteiger partial charge in [-0.25, -0.2) is 9.37 Å². The van der Waals surface area contributed by atoms with Gasteiger partial charge in [0.05, 0.1) is 0 Å². The van der Waals surface area contributed by atoms with Crippen molar-refractivity contribution in [3.05, 3.63) is 53.8 Å². The molecule has 1 aliphatic heterocycles. The molecule has 1 N–H and O–H groups in total. The SMILES string of the molecule is C[C@H]1CN(C(=O)c2ccc(-c3nc4ccc(F)cc4o3)cc2)CCN1.Cl. The van der Waals surface area contributed by atoms with E-state index in [0.717, 1.165) is 12.1 Å². The van der Waals surface area contributed by atoms with Crippen molar-refractivity contribution >= 4 is 29.4 Å². The van der Waals surface area contributed by atoms with Gasteiger partial charge in [-0.15, -0.1) is 12.4 Å². The zero-order chi connectivity index (χ0) is 17.4. The highest BCUT2D eigenvalue weighted by Crippen LogP contribution is 2.25. The van der Waals surface area contributed by atoms with E-state index >= 15 is 0 Å². The number of oxazole rings is 1. The van der Waals surface area contributed by atoms with Crippen LogP contribution in [0, 0.1) is 5.82 Å². The average Bonchev–Trinajstić information content (AvgIpc) is 3.04. The molecule has 1 atom stereocenters. The lowest BCUT2D eigenvalue weighted by molar-refractivity contribution is 0.0709. The highest BCUT2D eigenvalue weighted by Gasteiger charge is 2.21. The minimum atomic E-state index is -0.360. The summed E-state index contributed by atoms with van der Waals surface area (Å²) in [6, 6.07) is 11.7. The Bertz CT molecular complexity index is 926. The number of rotatable bonds is 2. The van der Waals surface area contributed by atoms with Gasteiger partial charge in [0.1, 0.15) is 11.3 Å². The maximum Gasteiger partial charge on any atom is 0.253 e. The maximum absolute atomic E-state index is 13.3. The number of fused-ring (bicyclic) bond motifs is 1. The topological polar surface area (TPSA) is 58.4 Å². The molecule has 26 heavy (non-hydrogen) atoms. The van der Waals surface area contributed by atoms with E-state index in [1.807, 2.05) is 4.90 Å². The lowest BCUT2D eigenvalue weighted by atomic mass is 10.1. The second-order valence-electron chi connectivity index (χ2n) is 6.31. The van der Waals surface area contributed by atoms with Crippen molar-refractivity contribution < 1.29 is 13.6 Å². The van der Waals surface area contributed by atoms with Crippen molar-refractivity contribution in [3.8, 4) is 11.5 Å². The van der Waals surface area contributed by atoms with Crippen LogP contribution in [0.4, 0.5) is 4.39 Å². The van der Waals surface area contributed by atoms with Crippen molar-refractivity contribution in [2.45, 2.75) is 13.0 Å². The molecule has 0 bridgehead atoms. The summed E-state index contributed by atoms with van der Waals surface area (Å²) in [5.41, 5.74) is 2.40. The Labute approximate surface area is 156 Å². The quantitative estimate of drug-likeness (QED) is 0.745. The molecule has 0 radical (unpaired) electrons. The van der Waals surface area contributed by atoms with Gasteiger partial charge in [-0.2, -0.15) is 0 Å². The van der Waals surface area contributed by atoms with Crippen molar-refractivity contribution in [2.24, 2.45) is 0 Å². The van der Waals surface area contributed by atoms with Gasteiger partial charge >= 0.3 is 0 Å². The average molecular weight is 376 g/mol. The van der Waals surface area contributed by atoms with Crippen LogP contribution in [-0.4, -0.2) is 41.5 Å². The molecule has 1 fully saturated rings. The molecule has 5 nitrogen and oxygen atoms in total. The third-order valence-corrected chi connectivity index (χ3v) is 4.39. The molecule has 1 aromatic heterocycles. The molecule has 136 valence electrons. The predicted molar refractivity (Wildman–Crippen MR) is 100 cm³/mol. The highest BCUT2D eigenvalue weighted by atomic mass is 35.5. The number of aromatic nitrogens is 1. The molecular weight excluding hydrogens is 357 g/mol. The van der Waals surface area contributed by atoms with Gasteiger partial charge < -0.3 is 14.6 Å². The van der Waals surface area contributed by atoms with Crippen molar-refractivity contribution in [2.75, 3.05) is 19.6 Å². The van der Waals surface area contributed by atoms with Gasteiger partial charge in [0, 0.05) is 42.9 Å². The summed E-state index contributed by atoms with van der Waals surface area (Å²) in [6.45, 7) is 4.29. The lowest BCUT2D eigenvalue weighted by Gasteiger charge is -2.32. The smallest absolute Gasteiger partial charge is 0.253 e. The minimum Gasteiger partial charge on any atom is -0.436 e. The second-order valence-corrected chi connectivity index (χ2v) is 6.31. The van der Waals surface area contributed by atoms with E-state index in [9.17, 15) is 9.18 Å². The summed E-state index contributed by atoms with van der Waals surface area (Å²) in [5, 5.41) is 3.32. The number of carbonyl (C=O) groups is 1. The number of nitrogens with zero attached hydrogens (tertiary/aromatic N) is 2. The number of nitrogens with one attached hydrogen (secondary N) is 1. The molecule has 0 saturated carbocycles. The third-order valence-electron chi connectivity index (χ3n) is 4.39. The van der Waals surface area contributed by atoms with Crippen molar-refractivity contribution in [1.82, 2.24) is 15.2 Å². The van der Waals surface area contributed by atoms with E-state index in [1.54, 1.807) is 30.3 Å². The summed E-state index contributed by atoms with van der Waals surface area (Å²) in [5.74, 6) is 0.0799. The number of carbonyl (C=O) groups excluding carboxylic acids is 1. The van der Waals surface area contributed by atoms with Crippen LogP contribution in [0.1, 0.15) is 17.3 Å². The van der Waals surface area contributed by atoms with Gasteiger partial charge in [-0.1, -0.05) is 0 Å². The molecule has 1 amide bonds. The maximum atomic E-state index is 13.3. The van der Waals surface area contributed by atoms with E-state index in [1.165, 1.54) is 12.1 Å². The number of piperazine rings is 1. The first-order chi connectivity index (χ1) is 12.1. The Morgan fingerprint density at radius 1 is 1.27 bits per heavy atom. The number of benzene rings is 2. The Morgan fingerprint density at radius 3 is 2.77 bits per heavy atom. The second kappa shape index (κ2) is 7.43. The molecule has 7 heteroatoms. The number of hydrogen-bond acceptors (Lipinski definition) is 4. The predicted octanol–water partition coefficient (Wildman–Crippen LogP) is 3.49. The Hall–Kier alpha value is -2.44. The molecule has 0 spiro atoms. The monoisotopic (exact) mass is 375 g/mol. The van der Waals surface area contributed by atoms with Crippen LogP contribution in [-0.2, 0) is 0 Å². The summed E-state index contributed by atoms with van der Waals surface area (Å²) in [7, 11) is 0. The van der Waals surface area contributed by atoms with Crippen LogP contribution in [0.25, 0.3) is 22.6 Å². The van der Waals surface area contributed by atoms with E-state index in [4.69, 9.17) is 4.42 Å². The molecular formula is C19H19ClFN3O2. The van der Waals surface area contributed by atoms with Crippen LogP contribution < -0.4 is 5.32 Å². The van der Waals surface area contributed by atoms with E-state index in [2.05, 4.69) is 17.2 Å². The molecule has 3 aromatic rings. The zero-order valence-electron chi connectivity index (χ0n) is 14.2. The van der Waals surface area contributed by atoms with Crippen LogP contribution in [0.15, 0.2) is 46.9 Å². The van der Waals surface area contributed by atoms with Crippen LogP contribution in [0.2, 0.25) is 0 Å². The molecule has 0 aliphatic carbocycles. The van der Waals surface area contributed by atoms with E-state index in [0.29, 0.717) is 41.7 Å². The molecule has 2 heterocycles. The summed E-state index contributed by atoms with van der Waals surface area (Å²) in [6.07, 6.45) is 0. The normalized spacial score (nSPS) is 17.2. The van der Waals surface area contributed by atoms with Crippen LogP contribution >= 0.6 is 12.4 Å². The van der Waals surface area contributed by atoms with E-state index in [-0.39, 0.29) is 24.1 Å². The standard InChI is InChI=1S/C19H18FN3O2.ClH/c1-12-11-23(9-8-21-12)19(24)14-4-2-13(3-5-14)18-22-16-7-6-15(20)10-17(16)25-18;/h2-7,10,12,21H,8-9,11H2,1H3;1H/t12-;/m0./s1. The Morgan fingerprint density at radius 2 is 2.04 bits per heavy atom. The summed E-state index contributed by atoms with van der Waals surface area (Å²) in [4.78, 5) is 18.8. The number of hydrogen-bond donors (Lipinski definition) is 1. The zero-order valence-corrected chi connectivity index (χ0v) is 15.1. The fourth-order valence-electron chi connectivity index (χ4n) is 3.08. The molecule has 2 aromatic carbocycles. The van der Waals surface area contributed by atoms with Gasteiger partial charge in [0.25, 0.3) is 5.91 Å². The highest BCUT2D eigenvalue weighted by molar-refractivity contribution is 5.94. The molecule has 4 rings (SSSR count). The fraction of sp³-hybridized carbons (Fsp3) is 0.263.